The number of amides is 2. The van der Waals surface area contributed by atoms with Gasteiger partial charge < -0.3 is 5.32 Å². The SMILES string of the molecule is Cc1ccc([C@H](C(=O)NC2CCCC2)N(C(=O)Cc2cccs2)c2cccc(F)c2)cc1. The first-order valence-electron chi connectivity index (χ1n) is 11.0. The minimum Gasteiger partial charge on any atom is -0.351 e. The number of rotatable bonds is 7. The van der Waals surface area contributed by atoms with Crippen LogP contribution in [0.15, 0.2) is 66.0 Å². The largest absolute Gasteiger partial charge is 0.351 e. The van der Waals surface area contributed by atoms with Crippen LogP contribution in [-0.4, -0.2) is 17.9 Å². The third-order valence-corrected chi connectivity index (χ3v) is 6.74. The Labute approximate surface area is 192 Å². The average Bonchev–Trinajstić information content (AvgIpc) is 3.47. The summed E-state index contributed by atoms with van der Waals surface area (Å²) in [4.78, 5) is 29.5. The first kappa shape index (κ1) is 22.2. The van der Waals surface area contributed by atoms with E-state index in [4.69, 9.17) is 0 Å². The van der Waals surface area contributed by atoms with Gasteiger partial charge in [-0.1, -0.05) is 54.8 Å². The number of nitrogens with zero attached hydrogens (tertiary/aromatic N) is 1. The summed E-state index contributed by atoms with van der Waals surface area (Å²) >= 11 is 1.49. The number of hydrogen-bond acceptors (Lipinski definition) is 3. The molecular formula is C26H27FN2O2S. The lowest BCUT2D eigenvalue weighted by atomic mass is 10.0. The Morgan fingerprint density at radius 1 is 1.09 bits per heavy atom. The molecule has 4 rings (SSSR count). The zero-order chi connectivity index (χ0) is 22.5. The van der Waals surface area contributed by atoms with E-state index >= 15 is 0 Å². The molecule has 1 atom stereocenters. The lowest BCUT2D eigenvalue weighted by molar-refractivity contribution is -0.127. The minimum absolute atomic E-state index is 0.109. The standard InChI is InChI=1S/C26H27FN2O2S/c1-18-11-13-19(14-12-18)25(26(31)28-21-7-2-3-8-21)29(22-9-4-6-20(27)16-22)24(30)17-23-10-5-15-32-23/h4-6,9-16,21,25H,2-3,7-8,17H2,1H3,(H,28,31)/t25-/m1/s1. The van der Waals surface area contributed by atoms with Crippen molar-refractivity contribution in [2.45, 2.75) is 51.1 Å². The number of carbonyl (C=O) groups is 2. The van der Waals surface area contributed by atoms with Crippen LogP contribution in [0, 0.1) is 12.7 Å². The van der Waals surface area contributed by atoms with E-state index in [1.807, 2.05) is 48.7 Å². The van der Waals surface area contributed by atoms with Gasteiger partial charge in [0.1, 0.15) is 11.9 Å². The third kappa shape index (κ3) is 5.25. The first-order valence-corrected chi connectivity index (χ1v) is 11.9. The van der Waals surface area contributed by atoms with Crippen LogP contribution in [0.4, 0.5) is 10.1 Å². The molecule has 0 unspecified atom stereocenters. The monoisotopic (exact) mass is 450 g/mol. The molecule has 1 aliphatic rings. The summed E-state index contributed by atoms with van der Waals surface area (Å²) in [5.41, 5.74) is 2.14. The zero-order valence-corrected chi connectivity index (χ0v) is 18.9. The van der Waals surface area contributed by atoms with E-state index in [9.17, 15) is 14.0 Å². The van der Waals surface area contributed by atoms with Crippen molar-refractivity contribution in [2.24, 2.45) is 0 Å². The van der Waals surface area contributed by atoms with Gasteiger partial charge in [-0.2, -0.15) is 0 Å². The highest BCUT2D eigenvalue weighted by Gasteiger charge is 2.34. The second-order valence-electron chi connectivity index (χ2n) is 8.30. The van der Waals surface area contributed by atoms with Gasteiger partial charge in [-0.05, 0) is 55.0 Å². The van der Waals surface area contributed by atoms with E-state index in [2.05, 4.69) is 5.32 Å². The number of carbonyl (C=O) groups excluding carboxylic acids is 2. The van der Waals surface area contributed by atoms with Gasteiger partial charge in [0.2, 0.25) is 11.8 Å². The molecule has 2 aromatic carbocycles. The predicted octanol–water partition coefficient (Wildman–Crippen LogP) is 5.57. The van der Waals surface area contributed by atoms with Gasteiger partial charge in [0.05, 0.1) is 6.42 Å². The number of thiophene rings is 1. The minimum atomic E-state index is -0.884. The van der Waals surface area contributed by atoms with Crippen LogP contribution >= 0.6 is 11.3 Å². The lowest BCUT2D eigenvalue weighted by Crippen LogP contribution is -2.46. The molecule has 166 valence electrons. The Balaban J connectivity index is 1.76. The van der Waals surface area contributed by atoms with Crippen LogP contribution in [0.2, 0.25) is 0 Å². The molecule has 1 saturated carbocycles. The molecule has 0 radical (unpaired) electrons. The van der Waals surface area contributed by atoms with Crippen molar-refractivity contribution in [3.63, 3.8) is 0 Å². The van der Waals surface area contributed by atoms with Gasteiger partial charge >= 0.3 is 0 Å². The first-order chi connectivity index (χ1) is 15.5. The van der Waals surface area contributed by atoms with Gasteiger partial charge in [0, 0.05) is 16.6 Å². The number of aryl methyl sites for hydroxylation is 1. The van der Waals surface area contributed by atoms with Gasteiger partial charge in [0.15, 0.2) is 0 Å². The number of halogens is 1. The normalized spacial score (nSPS) is 14.8. The summed E-state index contributed by atoms with van der Waals surface area (Å²) in [5, 5.41) is 5.06. The summed E-state index contributed by atoms with van der Waals surface area (Å²) < 4.78 is 14.2. The molecule has 1 N–H and O–H groups in total. The predicted molar refractivity (Wildman–Crippen MR) is 126 cm³/mol. The van der Waals surface area contributed by atoms with Crippen molar-refractivity contribution in [1.29, 1.82) is 0 Å². The van der Waals surface area contributed by atoms with Crippen LogP contribution < -0.4 is 10.2 Å². The summed E-state index contributed by atoms with van der Waals surface area (Å²) in [6.07, 6.45) is 4.20. The molecule has 0 saturated heterocycles. The zero-order valence-electron chi connectivity index (χ0n) is 18.1. The second kappa shape index (κ2) is 10.1. The maximum atomic E-state index is 14.2. The molecule has 1 aromatic heterocycles. The van der Waals surface area contributed by atoms with E-state index < -0.39 is 11.9 Å². The van der Waals surface area contributed by atoms with E-state index in [0.717, 1.165) is 36.1 Å². The number of hydrogen-bond donors (Lipinski definition) is 1. The molecule has 0 aliphatic heterocycles. The van der Waals surface area contributed by atoms with E-state index in [1.165, 1.54) is 28.4 Å². The highest BCUT2D eigenvalue weighted by Crippen LogP contribution is 2.31. The Bertz CT molecular complexity index is 1060. The summed E-state index contributed by atoms with van der Waals surface area (Å²) in [6.45, 7) is 1.98. The summed E-state index contributed by atoms with van der Waals surface area (Å²) in [6, 6.07) is 16.5. The Hall–Kier alpha value is -2.99. The van der Waals surface area contributed by atoms with Crippen molar-refractivity contribution >= 4 is 28.8 Å². The van der Waals surface area contributed by atoms with Gasteiger partial charge in [-0.25, -0.2) is 4.39 Å². The van der Waals surface area contributed by atoms with Crippen LogP contribution in [0.5, 0.6) is 0 Å². The van der Waals surface area contributed by atoms with Crippen molar-refractivity contribution in [1.82, 2.24) is 5.32 Å². The molecule has 6 heteroatoms. The Morgan fingerprint density at radius 3 is 2.50 bits per heavy atom. The molecule has 1 heterocycles. The van der Waals surface area contributed by atoms with Crippen LogP contribution in [0.3, 0.4) is 0 Å². The molecule has 0 bridgehead atoms. The number of anilines is 1. The van der Waals surface area contributed by atoms with E-state index in [-0.39, 0.29) is 24.3 Å². The Morgan fingerprint density at radius 2 is 1.84 bits per heavy atom. The highest BCUT2D eigenvalue weighted by atomic mass is 32.1. The maximum absolute atomic E-state index is 14.2. The van der Waals surface area contributed by atoms with Crippen LogP contribution in [0.1, 0.15) is 47.7 Å². The van der Waals surface area contributed by atoms with Crippen LogP contribution in [-0.2, 0) is 16.0 Å². The van der Waals surface area contributed by atoms with Crippen molar-refractivity contribution in [2.75, 3.05) is 4.90 Å². The highest BCUT2D eigenvalue weighted by molar-refractivity contribution is 7.10. The second-order valence-corrected chi connectivity index (χ2v) is 9.34. The summed E-state index contributed by atoms with van der Waals surface area (Å²) in [7, 11) is 0. The molecule has 4 nitrogen and oxygen atoms in total. The smallest absolute Gasteiger partial charge is 0.248 e. The fourth-order valence-corrected chi connectivity index (χ4v) is 4.92. The topological polar surface area (TPSA) is 49.4 Å². The molecule has 2 amide bonds. The number of benzene rings is 2. The Kier molecular flexibility index (Phi) is 7.00. The summed E-state index contributed by atoms with van der Waals surface area (Å²) in [5.74, 6) is -0.926. The van der Waals surface area contributed by atoms with Gasteiger partial charge in [-0.3, -0.25) is 14.5 Å². The quantitative estimate of drug-likeness (QED) is 0.511. The molecule has 1 fully saturated rings. The van der Waals surface area contributed by atoms with Crippen LogP contribution in [0.25, 0.3) is 0 Å². The van der Waals surface area contributed by atoms with Gasteiger partial charge in [-0.15, -0.1) is 11.3 Å². The van der Waals surface area contributed by atoms with Crippen molar-refractivity contribution in [3.05, 3.63) is 87.9 Å². The fourth-order valence-electron chi connectivity index (χ4n) is 4.23. The lowest BCUT2D eigenvalue weighted by Gasteiger charge is -2.32. The van der Waals surface area contributed by atoms with E-state index in [0.29, 0.717) is 11.3 Å². The third-order valence-electron chi connectivity index (χ3n) is 5.86. The molecular weight excluding hydrogens is 423 g/mol. The average molecular weight is 451 g/mol. The fraction of sp³-hybridized carbons (Fsp3) is 0.308. The number of nitrogens with one attached hydrogen (secondary N) is 1. The molecule has 1 aliphatic carbocycles. The molecule has 0 spiro atoms. The van der Waals surface area contributed by atoms with E-state index in [1.54, 1.807) is 12.1 Å². The maximum Gasteiger partial charge on any atom is 0.248 e. The van der Waals surface area contributed by atoms with Gasteiger partial charge in [0.25, 0.3) is 0 Å². The van der Waals surface area contributed by atoms with Crippen molar-refractivity contribution < 1.29 is 14.0 Å². The molecule has 32 heavy (non-hydrogen) atoms. The van der Waals surface area contributed by atoms with Crippen molar-refractivity contribution in [3.8, 4) is 0 Å². The molecule has 3 aromatic rings.